The van der Waals surface area contributed by atoms with Crippen LogP contribution in [0.2, 0.25) is 5.02 Å². The SMILES string of the molecule is CC(C)CNC(=O)CN(C)S(=O)(=O)c1cc(Cl)c(Br)s1. The summed E-state index contributed by atoms with van der Waals surface area (Å²) < 4.78 is 26.2. The number of sulfonamides is 1. The highest BCUT2D eigenvalue weighted by molar-refractivity contribution is 9.11. The Hall–Kier alpha value is -0.150. The third kappa shape index (κ3) is 4.70. The number of hydrogen-bond acceptors (Lipinski definition) is 4. The number of rotatable bonds is 6. The predicted molar refractivity (Wildman–Crippen MR) is 84.7 cm³/mol. The minimum atomic E-state index is -3.70. The Kier molecular flexibility index (Phi) is 6.46. The number of hydrogen-bond donors (Lipinski definition) is 1. The lowest BCUT2D eigenvalue weighted by molar-refractivity contribution is -0.121. The lowest BCUT2D eigenvalue weighted by atomic mass is 10.2. The first-order chi connectivity index (χ1) is 9.14. The van der Waals surface area contributed by atoms with Gasteiger partial charge in [0.1, 0.15) is 4.21 Å². The molecule has 0 saturated heterocycles. The van der Waals surface area contributed by atoms with Gasteiger partial charge >= 0.3 is 0 Å². The average Bonchev–Trinajstić information content (AvgIpc) is 2.67. The van der Waals surface area contributed by atoms with Gasteiger partial charge in [-0.1, -0.05) is 25.4 Å². The van der Waals surface area contributed by atoms with Crippen molar-refractivity contribution in [2.45, 2.75) is 18.1 Å². The van der Waals surface area contributed by atoms with Crippen molar-refractivity contribution < 1.29 is 13.2 Å². The van der Waals surface area contributed by atoms with E-state index in [1.165, 1.54) is 13.1 Å². The summed E-state index contributed by atoms with van der Waals surface area (Å²) in [5.41, 5.74) is 0. The molecular formula is C11H16BrClN2O3S2. The largest absolute Gasteiger partial charge is 0.355 e. The zero-order valence-electron chi connectivity index (χ0n) is 11.3. The Morgan fingerprint density at radius 1 is 1.55 bits per heavy atom. The Balaban J connectivity index is 2.75. The highest BCUT2D eigenvalue weighted by Crippen LogP contribution is 2.35. The van der Waals surface area contributed by atoms with Crippen LogP contribution in [0.1, 0.15) is 13.8 Å². The number of thiophene rings is 1. The molecule has 1 heterocycles. The highest BCUT2D eigenvalue weighted by atomic mass is 79.9. The molecule has 1 aromatic heterocycles. The van der Waals surface area contributed by atoms with Crippen LogP contribution in [0.15, 0.2) is 14.1 Å². The van der Waals surface area contributed by atoms with Gasteiger partial charge in [0, 0.05) is 13.6 Å². The number of likely N-dealkylation sites (N-methyl/N-ethyl adjacent to an activating group) is 1. The quantitative estimate of drug-likeness (QED) is 0.794. The van der Waals surface area contributed by atoms with Gasteiger partial charge in [0.25, 0.3) is 10.0 Å². The van der Waals surface area contributed by atoms with E-state index in [-0.39, 0.29) is 16.7 Å². The van der Waals surface area contributed by atoms with Gasteiger partial charge in [-0.15, -0.1) is 11.3 Å². The molecule has 114 valence electrons. The minimum Gasteiger partial charge on any atom is -0.355 e. The van der Waals surface area contributed by atoms with Gasteiger partial charge in [-0.25, -0.2) is 8.42 Å². The van der Waals surface area contributed by atoms with Crippen LogP contribution in [-0.2, 0) is 14.8 Å². The lowest BCUT2D eigenvalue weighted by Crippen LogP contribution is -2.39. The van der Waals surface area contributed by atoms with E-state index in [1.54, 1.807) is 0 Å². The molecule has 0 aliphatic rings. The molecule has 20 heavy (non-hydrogen) atoms. The van der Waals surface area contributed by atoms with Crippen molar-refractivity contribution in [3.63, 3.8) is 0 Å². The molecule has 0 aliphatic carbocycles. The molecule has 0 fully saturated rings. The molecule has 0 bridgehead atoms. The molecule has 0 aliphatic heterocycles. The highest BCUT2D eigenvalue weighted by Gasteiger charge is 2.25. The van der Waals surface area contributed by atoms with Gasteiger partial charge in [-0.2, -0.15) is 4.31 Å². The number of nitrogens with one attached hydrogen (secondary N) is 1. The van der Waals surface area contributed by atoms with Crippen LogP contribution in [0, 0.1) is 5.92 Å². The molecule has 1 N–H and O–H groups in total. The summed E-state index contributed by atoms with van der Waals surface area (Å²) in [6.07, 6.45) is 0. The maximum Gasteiger partial charge on any atom is 0.252 e. The van der Waals surface area contributed by atoms with Crippen molar-refractivity contribution in [3.8, 4) is 0 Å². The van der Waals surface area contributed by atoms with Crippen LogP contribution >= 0.6 is 38.9 Å². The van der Waals surface area contributed by atoms with E-state index in [1.807, 2.05) is 13.8 Å². The molecule has 1 rings (SSSR count). The Morgan fingerprint density at radius 2 is 2.15 bits per heavy atom. The van der Waals surface area contributed by atoms with Gasteiger partial charge in [0.05, 0.1) is 15.4 Å². The van der Waals surface area contributed by atoms with Gasteiger partial charge in [-0.05, 0) is 27.9 Å². The second-order valence-corrected chi connectivity index (χ2v) is 9.70. The molecular weight excluding hydrogens is 388 g/mol. The van der Waals surface area contributed by atoms with Crippen molar-refractivity contribution in [3.05, 3.63) is 14.9 Å². The maximum atomic E-state index is 12.2. The summed E-state index contributed by atoms with van der Waals surface area (Å²) in [4.78, 5) is 11.7. The van der Waals surface area contributed by atoms with E-state index < -0.39 is 10.0 Å². The summed E-state index contributed by atoms with van der Waals surface area (Å²) >= 11 is 10.0. The van der Waals surface area contributed by atoms with E-state index in [9.17, 15) is 13.2 Å². The van der Waals surface area contributed by atoms with E-state index in [4.69, 9.17) is 11.6 Å². The molecule has 0 unspecified atom stereocenters. The molecule has 0 spiro atoms. The first-order valence-electron chi connectivity index (χ1n) is 5.82. The summed E-state index contributed by atoms with van der Waals surface area (Å²) in [7, 11) is -2.33. The first-order valence-corrected chi connectivity index (χ1v) is 9.25. The van der Waals surface area contributed by atoms with Crippen LogP contribution in [0.5, 0.6) is 0 Å². The first kappa shape index (κ1) is 17.9. The molecule has 0 radical (unpaired) electrons. The molecule has 0 aromatic carbocycles. The summed E-state index contributed by atoms with van der Waals surface area (Å²) in [6, 6.07) is 1.37. The maximum absolute atomic E-state index is 12.2. The fraction of sp³-hybridized carbons (Fsp3) is 0.545. The predicted octanol–water partition coefficient (Wildman–Crippen LogP) is 2.56. The Bertz CT molecular complexity index is 567. The second kappa shape index (κ2) is 7.22. The fourth-order valence-corrected chi connectivity index (χ4v) is 5.01. The van der Waals surface area contributed by atoms with E-state index in [0.29, 0.717) is 21.3 Å². The van der Waals surface area contributed by atoms with Crippen LogP contribution in [-0.4, -0.2) is 38.8 Å². The smallest absolute Gasteiger partial charge is 0.252 e. The summed E-state index contributed by atoms with van der Waals surface area (Å²) in [5.74, 6) is -0.0144. The number of carbonyl (C=O) groups excluding carboxylic acids is 1. The number of carbonyl (C=O) groups is 1. The van der Waals surface area contributed by atoms with Crippen molar-refractivity contribution >= 4 is 54.8 Å². The summed E-state index contributed by atoms with van der Waals surface area (Å²) in [6.45, 7) is 4.23. The average molecular weight is 404 g/mol. The topological polar surface area (TPSA) is 66.5 Å². The van der Waals surface area contributed by atoms with E-state index >= 15 is 0 Å². The van der Waals surface area contributed by atoms with Crippen LogP contribution in [0.3, 0.4) is 0 Å². The third-order valence-electron chi connectivity index (χ3n) is 2.36. The zero-order chi connectivity index (χ0) is 15.5. The second-order valence-electron chi connectivity index (χ2n) is 4.65. The molecule has 1 amide bonds. The lowest BCUT2D eigenvalue weighted by Gasteiger charge is -2.16. The van der Waals surface area contributed by atoms with Gasteiger partial charge in [0.15, 0.2) is 0 Å². The number of halogens is 2. The monoisotopic (exact) mass is 402 g/mol. The van der Waals surface area contributed by atoms with Crippen LogP contribution in [0.4, 0.5) is 0 Å². The van der Waals surface area contributed by atoms with Crippen molar-refractivity contribution in [2.75, 3.05) is 20.1 Å². The molecule has 1 aromatic rings. The standard InChI is InChI=1S/C11H16BrClN2O3S2/c1-7(2)5-14-9(16)6-15(3)20(17,18)10-4-8(13)11(12)19-10/h4,7H,5-6H2,1-3H3,(H,14,16). The van der Waals surface area contributed by atoms with Gasteiger partial charge in [0.2, 0.25) is 5.91 Å². The molecule has 9 heteroatoms. The fourth-order valence-electron chi connectivity index (χ4n) is 1.27. The minimum absolute atomic E-state index is 0.105. The Labute approximate surface area is 136 Å². The summed E-state index contributed by atoms with van der Waals surface area (Å²) in [5, 5.41) is 3.02. The molecule has 5 nitrogen and oxygen atoms in total. The third-order valence-corrected chi connectivity index (χ3v) is 7.09. The van der Waals surface area contributed by atoms with Crippen molar-refractivity contribution in [2.24, 2.45) is 5.92 Å². The molecule has 0 saturated carbocycles. The normalized spacial score (nSPS) is 12.2. The van der Waals surface area contributed by atoms with Gasteiger partial charge < -0.3 is 5.32 Å². The van der Waals surface area contributed by atoms with Crippen LogP contribution < -0.4 is 5.32 Å². The van der Waals surface area contributed by atoms with Crippen LogP contribution in [0.25, 0.3) is 0 Å². The zero-order valence-corrected chi connectivity index (χ0v) is 15.3. The van der Waals surface area contributed by atoms with Crippen molar-refractivity contribution in [1.82, 2.24) is 9.62 Å². The number of nitrogens with zero attached hydrogens (tertiary/aromatic N) is 1. The van der Waals surface area contributed by atoms with E-state index in [2.05, 4.69) is 21.2 Å². The Morgan fingerprint density at radius 3 is 2.60 bits per heavy atom. The van der Waals surface area contributed by atoms with Crippen molar-refractivity contribution in [1.29, 1.82) is 0 Å². The van der Waals surface area contributed by atoms with Gasteiger partial charge in [-0.3, -0.25) is 4.79 Å². The van der Waals surface area contributed by atoms with E-state index in [0.717, 1.165) is 15.6 Å². The molecule has 0 atom stereocenters. The number of amides is 1.